The minimum atomic E-state index is -4.32. The van der Waals surface area contributed by atoms with Gasteiger partial charge in [0.2, 0.25) is 0 Å². The van der Waals surface area contributed by atoms with Gasteiger partial charge < -0.3 is 45.1 Å². The molecule has 141 heavy (non-hydrogen) atoms. The first-order valence-corrected chi connectivity index (χ1v) is 46.4. The summed E-state index contributed by atoms with van der Waals surface area (Å²) in [4.78, 5) is 34.9. The summed E-state index contributed by atoms with van der Waals surface area (Å²) >= 11 is 0. The minimum absolute atomic E-state index is 0.108. The standard InChI is InChI=1S/C21H21NO3.C21H23NO2.C20H18F3NO.C20H21NO2.C19H18N2O3.C17H17NO2/c1-22(14-18-15-25-20-8-4-3-7-19(18)20)13-5-6-16-9-11-17(12-10-16)21(23)24-2;1-3-23-19-12-10-17(11-13-19)7-6-14-22(2)15-18-16-24-21-9-5-4-8-20(18)21;1-24(13-16-14-25-19-10-3-2-9-18(16)19)11-5-7-15-6-4-8-17(12-15)20(21,22)23;1-21(13-5-6-16-9-11-18(22-2)12-10-16)14-17-15-23-20-8-4-3-7-19(17)20;1-20(13-16-14-24-19-7-3-2-6-18(16)19)12-4-5-15-8-10-17(11-9-15)21(22)23;1-18(10-4-6-15-7-5-11-19-15)12-14-13-20-17-9-3-2-8-16(14)17/h3-12,15H,13-14H2,1-2H3;4-13,16H,3,14-15H2,1-2H3;2-10,12,14H,11,13H2,1H3;3-12,15H,13-14H2,1-2H3;2-11,14H,12-13H2,1H3;2-9,11,13H,10,12H2,1H3/b6-5+;7-6+;7-5+;6-5+;5-4+;6-4+. The number of esters is 1. The molecule has 7 aromatic heterocycles. The van der Waals surface area contributed by atoms with Crippen LogP contribution in [0.25, 0.3) is 102 Å². The second-order valence-corrected chi connectivity index (χ2v) is 34.0. The van der Waals surface area contributed by atoms with Crippen LogP contribution in [0.2, 0.25) is 0 Å². The number of alkyl halides is 3. The van der Waals surface area contributed by atoms with E-state index in [0.29, 0.717) is 30.8 Å². The van der Waals surface area contributed by atoms with Crippen molar-refractivity contribution in [1.29, 1.82) is 0 Å². The molecule has 23 heteroatoms. The lowest BCUT2D eigenvalue weighted by Crippen LogP contribution is -2.17. The molecule has 0 bridgehead atoms. The average molecular weight is 1900 g/mol. The van der Waals surface area contributed by atoms with Crippen LogP contribution in [0, 0.1) is 10.1 Å². The number of carbonyl (C=O) groups excluding carboxylic acids is 1. The summed E-state index contributed by atoms with van der Waals surface area (Å²) in [6.45, 7) is 12.4. The molecule has 0 fully saturated rings. The number of methoxy groups -OCH3 is 2. The molecule has 0 spiro atoms. The fraction of sp³-hybridized carbons (Fsp3) is 0.195. The maximum absolute atomic E-state index is 12.7. The first-order chi connectivity index (χ1) is 68.6. The van der Waals surface area contributed by atoms with Crippen LogP contribution >= 0.6 is 0 Å². The molecule has 18 rings (SSSR count). The van der Waals surface area contributed by atoms with Crippen molar-refractivity contribution in [2.24, 2.45) is 0 Å². The third kappa shape index (κ3) is 31.7. The van der Waals surface area contributed by atoms with Gasteiger partial charge in [0.05, 0.1) is 80.7 Å². The van der Waals surface area contributed by atoms with Gasteiger partial charge in [-0.15, -0.1) is 0 Å². The molecular formula is C118H118F3N7O13. The number of ether oxygens (including phenoxy) is 3. The SMILES string of the molecule is CCOc1ccc(/C=C/CN(C)Cc2coc3ccccc23)cc1.CN(C/C=C/c1ccc([N+](=O)[O-])cc1)Cc1coc2ccccc12.CN(C/C=C/c1cccc(C(F)(F)F)c1)Cc1coc2ccccc12.CN(C/C=C/c1ccco1)Cc1coc2ccccc12.COC(=O)c1ccc(/C=C/CN(C)Cc2coc3ccccc23)cc1.COc1ccc(/C=C/CN(C)Cc2coc3ccccc23)cc1. The number of hydrogen-bond acceptors (Lipinski definition) is 19. The first-order valence-electron chi connectivity index (χ1n) is 46.4. The maximum Gasteiger partial charge on any atom is 0.416 e. The summed E-state index contributed by atoms with van der Waals surface area (Å²) in [6, 6.07) is 87.6. The third-order valence-electron chi connectivity index (χ3n) is 22.8. The van der Waals surface area contributed by atoms with Crippen LogP contribution in [0.4, 0.5) is 18.9 Å². The number of hydrogen-bond donors (Lipinski definition) is 0. The average Bonchev–Trinajstić information content (AvgIpc) is 1.73. The van der Waals surface area contributed by atoms with E-state index in [9.17, 15) is 28.1 Å². The number of nitrogens with zero attached hydrogens (tertiary/aromatic N) is 7. The van der Waals surface area contributed by atoms with Crippen LogP contribution in [-0.4, -0.2) is 143 Å². The number of nitro groups is 1. The van der Waals surface area contributed by atoms with Crippen molar-refractivity contribution in [3.05, 3.63) is 448 Å². The smallest absolute Gasteiger partial charge is 0.416 e. The van der Waals surface area contributed by atoms with Crippen LogP contribution in [0.5, 0.6) is 11.5 Å². The number of carbonyl (C=O) groups is 1. The summed E-state index contributed by atoms with van der Waals surface area (Å²) in [5, 5.41) is 17.6. The topological polar surface area (TPSA) is 199 Å². The van der Waals surface area contributed by atoms with E-state index in [1.54, 1.807) is 62.3 Å². The third-order valence-corrected chi connectivity index (χ3v) is 22.8. The monoisotopic (exact) mass is 1900 g/mol. The molecule has 0 aliphatic carbocycles. The lowest BCUT2D eigenvalue weighted by atomic mass is 10.1. The van der Waals surface area contributed by atoms with Crippen molar-refractivity contribution in [3.8, 4) is 11.5 Å². The van der Waals surface area contributed by atoms with Crippen molar-refractivity contribution >= 4 is 114 Å². The Balaban J connectivity index is 0.000000142. The molecule has 0 saturated carbocycles. The van der Waals surface area contributed by atoms with Crippen molar-refractivity contribution in [2.45, 2.75) is 52.4 Å². The maximum atomic E-state index is 12.7. The van der Waals surface area contributed by atoms with E-state index < -0.39 is 16.7 Å². The predicted molar refractivity (Wildman–Crippen MR) is 561 cm³/mol. The molecule has 7 heterocycles. The fourth-order valence-corrected chi connectivity index (χ4v) is 15.6. The summed E-state index contributed by atoms with van der Waals surface area (Å²) in [7, 11) is 15.5. The second kappa shape index (κ2) is 52.8. The number of furan rings is 7. The number of fused-ring (bicyclic) bond motifs is 6. The Morgan fingerprint density at radius 1 is 0.340 bits per heavy atom. The van der Waals surface area contributed by atoms with Gasteiger partial charge in [0.1, 0.15) is 50.8 Å². The van der Waals surface area contributed by atoms with E-state index >= 15 is 0 Å². The van der Waals surface area contributed by atoms with Crippen LogP contribution in [0.15, 0.2) is 390 Å². The highest BCUT2D eigenvalue weighted by Gasteiger charge is 2.30. The summed E-state index contributed by atoms with van der Waals surface area (Å²) in [5.74, 6) is 2.36. The fourth-order valence-electron chi connectivity index (χ4n) is 15.6. The first kappa shape index (κ1) is 103. The molecule has 0 radical (unpaired) electrons. The quantitative estimate of drug-likeness (QED) is 0.0206. The zero-order valence-electron chi connectivity index (χ0n) is 80.8. The lowest BCUT2D eigenvalue weighted by molar-refractivity contribution is -0.384. The highest BCUT2D eigenvalue weighted by atomic mass is 19.4. The van der Waals surface area contributed by atoms with E-state index in [-0.39, 0.29) is 11.7 Å². The summed E-state index contributed by atoms with van der Waals surface area (Å²) < 4.78 is 92.1. The van der Waals surface area contributed by atoms with Gasteiger partial charge in [-0.2, -0.15) is 13.2 Å². The van der Waals surface area contributed by atoms with E-state index in [1.165, 1.54) is 74.8 Å². The van der Waals surface area contributed by atoms with Gasteiger partial charge in [-0.3, -0.25) is 39.5 Å². The van der Waals surface area contributed by atoms with Crippen LogP contribution in [-0.2, 0) is 50.2 Å². The summed E-state index contributed by atoms with van der Waals surface area (Å²) in [5.41, 5.74) is 17.6. The van der Waals surface area contributed by atoms with Gasteiger partial charge in [0.25, 0.3) is 5.69 Å². The number of nitro benzene ring substituents is 1. The van der Waals surface area contributed by atoms with Gasteiger partial charge in [-0.1, -0.05) is 225 Å². The Kier molecular flexibility index (Phi) is 38.5. The van der Waals surface area contributed by atoms with Crippen molar-refractivity contribution in [3.63, 3.8) is 0 Å². The molecule has 20 nitrogen and oxygen atoms in total. The number of para-hydroxylation sites is 6. The van der Waals surface area contributed by atoms with Crippen molar-refractivity contribution in [1.82, 2.24) is 29.4 Å². The van der Waals surface area contributed by atoms with E-state index in [0.717, 1.165) is 167 Å². The molecule has 724 valence electrons. The van der Waals surface area contributed by atoms with Crippen molar-refractivity contribution in [2.75, 3.05) is 102 Å². The van der Waals surface area contributed by atoms with Crippen LogP contribution in [0.1, 0.15) is 89.8 Å². The number of halogens is 3. The second-order valence-electron chi connectivity index (χ2n) is 34.0. The Bertz CT molecular complexity index is 7100. The minimum Gasteiger partial charge on any atom is -0.497 e. The van der Waals surface area contributed by atoms with E-state index in [1.807, 2.05) is 240 Å². The molecular weight excluding hydrogens is 1780 g/mol. The number of likely N-dealkylation sites (N-methyl/N-ethyl adjacent to an activating group) is 6. The van der Waals surface area contributed by atoms with Gasteiger partial charge in [0.15, 0.2) is 0 Å². The largest absolute Gasteiger partial charge is 0.497 e. The Morgan fingerprint density at radius 2 is 0.631 bits per heavy atom. The molecule has 0 amide bonds. The zero-order chi connectivity index (χ0) is 99.1. The molecule has 0 unspecified atom stereocenters. The van der Waals surface area contributed by atoms with Crippen LogP contribution in [0.3, 0.4) is 0 Å². The van der Waals surface area contributed by atoms with E-state index in [4.69, 9.17) is 45.1 Å². The molecule has 0 N–H and O–H groups in total. The number of benzene rings is 11. The lowest BCUT2D eigenvalue weighted by Gasteiger charge is -2.13. The predicted octanol–water partition coefficient (Wildman–Crippen LogP) is 28.2. The van der Waals surface area contributed by atoms with Gasteiger partial charge in [-0.25, -0.2) is 4.79 Å². The number of non-ortho nitro benzene ring substituents is 1. The number of rotatable bonds is 35. The highest BCUT2D eigenvalue weighted by molar-refractivity contribution is 5.90. The molecule has 11 aromatic carbocycles. The zero-order valence-corrected chi connectivity index (χ0v) is 80.8. The van der Waals surface area contributed by atoms with Gasteiger partial charge in [-0.05, 0) is 192 Å². The normalized spacial score (nSPS) is 11.8. The molecule has 0 saturated heterocycles. The van der Waals surface area contributed by atoms with E-state index in [2.05, 4.69) is 149 Å². The molecule has 0 aliphatic heterocycles. The Morgan fingerprint density at radius 3 is 0.915 bits per heavy atom. The van der Waals surface area contributed by atoms with Gasteiger partial charge in [0, 0.05) is 156 Å². The molecule has 0 aliphatic rings. The highest BCUT2D eigenvalue weighted by Crippen LogP contribution is 2.32. The Hall–Kier alpha value is -15.6. The summed E-state index contributed by atoms with van der Waals surface area (Å²) in [6.07, 6.45) is 32.7. The Labute approximate surface area is 820 Å². The van der Waals surface area contributed by atoms with Gasteiger partial charge >= 0.3 is 12.1 Å². The molecule has 18 aromatic rings. The van der Waals surface area contributed by atoms with Crippen LogP contribution < -0.4 is 9.47 Å². The van der Waals surface area contributed by atoms with Crippen molar-refractivity contribution < 1.29 is 68.0 Å². The molecule has 0 atom stereocenters.